The average molecular weight is 199 g/mol. The highest BCUT2D eigenvalue weighted by atomic mass is 35.5. The van der Waals surface area contributed by atoms with Crippen molar-refractivity contribution in [3.05, 3.63) is 34.9 Å². The summed E-state index contributed by atoms with van der Waals surface area (Å²) in [5.41, 5.74) is 11.4. The Kier molecular flexibility index (Phi) is 3.28. The summed E-state index contributed by atoms with van der Waals surface area (Å²) in [6.07, 6.45) is 0.426. The second-order valence-electron chi connectivity index (χ2n) is 2.84. The van der Waals surface area contributed by atoms with Crippen LogP contribution in [0.5, 0.6) is 0 Å². The van der Waals surface area contributed by atoms with Gasteiger partial charge in [0, 0.05) is 5.02 Å². The number of carbonyl (C=O) groups excluding carboxylic acids is 1. The van der Waals surface area contributed by atoms with E-state index in [2.05, 4.69) is 0 Å². The number of hydrogen-bond acceptors (Lipinski definition) is 2. The van der Waals surface area contributed by atoms with E-state index in [0.717, 1.165) is 5.56 Å². The van der Waals surface area contributed by atoms with Gasteiger partial charge < -0.3 is 11.5 Å². The number of rotatable bonds is 3. The third kappa shape index (κ3) is 3.05. The zero-order valence-electron chi connectivity index (χ0n) is 7.03. The molecule has 0 bridgehead atoms. The minimum Gasteiger partial charge on any atom is -0.368 e. The molecule has 0 saturated heterocycles. The Morgan fingerprint density at radius 2 is 2.23 bits per heavy atom. The molecular formula is C9H11ClN2O. The van der Waals surface area contributed by atoms with Crippen LogP contribution in [0.4, 0.5) is 0 Å². The first-order chi connectivity index (χ1) is 6.09. The Labute approximate surface area is 81.7 Å². The summed E-state index contributed by atoms with van der Waals surface area (Å²) < 4.78 is 0. The number of benzene rings is 1. The number of hydrogen-bond donors (Lipinski definition) is 2. The van der Waals surface area contributed by atoms with E-state index in [1.807, 2.05) is 12.1 Å². The highest BCUT2D eigenvalue weighted by molar-refractivity contribution is 6.30. The van der Waals surface area contributed by atoms with Crippen LogP contribution in [0.3, 0.4) is 0 Å². The Bertz CT molecular complexity index is 314. The first kappa shape index (κ1) is 10.0. The Morgan fingerprint density at radius 1 is 1.54 bits per heavy atom. The normalized spacial score (nSPS) is 12.5. The number of carbonyl (C=O) groups is 1. The molecule has 0 aliphatic heterocycles. The van der Waals surface area contributed by atoms with E-state index in [0.29, 0.717) is 11.4 Å². The molecule has 1 atom stereocenters. The van der Waals surface area contributed by atoms with E-state index < -0.39 is 11.9 Å². The second kappa shape index (κ2) is 4.25. The van der Waals surface area contributed by atoms with Crippen LogP contribution in [0.15, 0.2) is 24.3 Å². The van der Waals surface area contributed by atoms with Crippen molar-refractivity contribution in [3.63, 3.8) is 0 Å². The molecule has 4 N–H and O–H groups in total. The molecule has 0 aliphatic rings. The molecule has 0 heterocycles. The van der Waals surface area contributed by atoms with Crippen LogP contribution < -0.4 is 11.5 Å². The number of nitrogens with two attached hydrogens (primary N) is 2. The highest BCUT2D eigenvalue weighted by Gasteiger charge is 2.09. The molecule has 1 rings (SSSR count). The van der Waals surface area contributed by atoms with Crippen molar-refractivity contribution in [1.82, 2.24) is 0 Å². The number of halogens is 1. The lowest BCUT2D eigenvalue weighted by atomic mass is 10.1. The van der Waals surface area contributed by atoms with Crippen LogP contribution in [0.25, 0.3) is 0 Å². The average Bonchev–Trinajstić information content (AvgIpc) is 2.04. The molecule has 0 aliphatic carbocycles. The number of amides is 1. The van der Waals surface area contributed by atoms with Crippen LogP contribution in [0.2, 0.25) is 5.02 Å². The quantitative estimate of drug-likeness (QED) is 0.751. The molecule has 1 aromatic rings. The van der Waals surface area contributed by atoms with Crippen molar-refractivity contribution in [2.75, 3.05) is 0 Å². The fraction of sp³-hybridized carbons (Fsp3) is 0.222. The van der Waals surface area contributed by atoms with E-state index >= 15 is 0 Å². The van der Waals surface area contributed by atoms with Gasteiger partial charge in [-0.2, -0.15) is 0 Å². The van der Waals surface area contributed by atoms with Gasteiger partial charge in [0.25, 0.3) is 0 Å². The van der Waals surface area contributed by atoms with Gasteiger partial charge in [-0.1, -0.05) is 23.7 Å². The van der Waals surface area contributed by atoms with Gasteiger partial charge in [0.05, 0.1) is 6.04 Å². The Hall–Kier alpha value is -1.06. The molecule has 0 aromatic heterocycles. The van der Waals surface area contributed by atoms with E-state index in [-0.39, 0.29) is 0 Å². The lowest BCUT2D eigenvalue weighted by Crippen LogP contribution is -2.38. The fourth-order valence-corrected chi connectivity index (χ4v) is 1.23. The first-order valence-corrected chi connectivity index (χ1v) is 4.26. The summed E-state index contributed by atoms with van der Waals surface area (Å²) in [5, 5.41) is 0.633. The molecule has 3 nitrogen and oxygen atoms in total. The van der Waals surface area contributed by atoms with Gasteiger partial charge in [-0.15, -0.1) is 0 Å². The minimum absolute atomic E-state index is 0.426. The molecule has 0 radical (unpaired) electrons. The topological polar surface area (TPSA) is 69.1 Å². The number of primary amides is 1. The molecule has 0 unspecified atom stereocenters. The molecule has 70 valence electrons. The lowest BCUT2D eigenvalue weighted by molar-refractivity contribution is -0.119. The Balaban J connectivity index is 2.69. The van der Waals surface area contributed by atoms with Crippen LogP contribution in [0, 0.1) is 0 Å². The van der Waals surface area contributed by atoms with Crippen molar-refractivity contribution >= 4 is 17.5 Å². The molecule has 1 aromatic carbocycles. The molecule has 13 heavy (non-hydrogen) atoms. The van der Waals surface area contributed by atoms with Gasteiger partial charge in [0.1, 0.15) is 0 Å². The molecule has 4 heteroatoms. The lowest BCUT2D eigenvalue weighted by Gasteiger charge is -2.06. The molecule has 0 saturated carbocycles. The van der Waals surface area contributed by atoms with Crippen LogP contribution in [0.1, 0.15) is 5.56 Å². The highest BCUT2D eigenvalue weighted by Crippen LogP contribution is 2.11. The van der Waals surface area contributed by atoms with Gasteiger partial charge in [-0.05, 0) is 24.1 Å². The molecule has 0 spiro atoms. The van der Waals surface area contributed by atoms with Crippen molar-refractivity contribution in [2.45, 2.75) is 12.5 Å². The predicted molar refractivity (Wildman–Crippen MR) is 52.3 cm³/mol. The van der Waals surface area contributed by atoms with Gasteiger partial charge in [-0.3, -0.25) is 4.79 Å². The van der Waals surface area contributed by atoms with E-state index in [9.17, 15) is 4.79 Å². The fourth-order valence-electron chi connectivity index (χ4n) is 1.02. The molecule has 0 fully saturated rings. The SMILES string of the molecule is NC(=O)[C@@H](N)Cc1cccc(Cl)c1. The smallest absolute Gasteiger partial charge is 0.234 e. The van der Waals surface area contributed by atoms with Crippen molar-refractivity contribution in [3.8, 4) is 0 Å². The van der Waals surface area contributed by atoms with Crippen molar-refractivity contribution < 1.29 is 4.79 Å². The summed E-state index contributed by atoms with van der Waals surface area (Å²) in [4.78, 5) is 10.7. The zero-order valence-corrected chi connectivity index (χ0v) is 7.79. The standard InChI is InChI=1S/C9H11ClN2O/c10-7-3-1-2-6(4-7)5-8(11)9(12)13/h1-4,8H,5,11H2,(H2,12,13)/t8-/m0/s1. The van der Waals surface area contributed by atoms with Crippen molar-refractivity contribution in [1.29, 1.82) is 0 Å². The molecule has 1 amide bonds. The van der Waals surface area contributed by atoms with E-state index in [4.69, 9.17) is 23.1 Å². The van der Waals surface area contributed by atoms with Gasteiger partial charge in [0.2, 0.25) is 5.91 Å². The minimum atomic E-state index is -0.640. The maximum absolute atomic E-state index is 10.7. The first-order valence-electron chi connectivity index (χ1n) is 3.89. The van der Waals surface area contributed by atoms with Crippen LogP contribution in [-0.2, 0) is 11.2 Å². The van der Waals surface area contributed by atoms with Gasteiger partial charge >= 0.3 is 0 Å². The maximum atomic E-state index is 10.7. The maximum Gasteiger partial charge on any atom is 0.234 e. The van der Waals surface area contributed by atoms with Crippen molar-refractivity contribution in [2.24, 2.45) is 11.5 Å². The van der Waals surface area contributed by atoms with Gasteiger partial charge in [0.15, 0.2) is 0 Å². The third-order valence-electron chi connectivity index (χ3n) is 1.71. The summed E-state index contributed by atoms with van der Waals surface area (Å²) >= 11 is 5.75. The summed E-state index contributed by atoms with van der Waals surface area (Å²) in [7, 11) is 0. The second-order valence-corrected chi connectivity index (χ2v) is 3.28. The summed E-state index contributed by atoms with van der Waals surface area (Å²) in [6.45, 7) is 0. The molecular weight excluding hydrogens is 188 g/mol. The van der Waals surface area contributed by atoms with Crippen LogP contribution >= 0.6 is 11.6 Å². The summed E-state index contributed by atoms with van der Waals surface area (Å²) in [5.74, 6) is -0.500. The Morgan fingerprint density at radius 3 is 2.77 bits per heavy atom. The largest absolute Gasteiger partial charge is 0.368 e. The summed E-state index contributed by atoms with van der Waals surface area (Å²) in [6, 6.07) is 6.56. The van der Waals surface area contributed by atoms with Crippen LogP contribution in [-0.4, -0.2) is 11.9 Å². The predicted octanol–water partition coefficient (Wildman–Crippen LogP) is 0.695. The van der Waals surface area contributed by atoms with Gasteiger partial charge in [-0.25, -0.2) is 0 Å². The van der Waals surface area contributed by atoms with E-state index in [1.165, 1.54) is 0 Å². The zero-order chi connectivity index (χ0) is 9.84. The monoisotopic (exact) mass is 198 g/mol. The van der Waals surface area contributed by atoms with E-state index in [1.54, 1.807) is 12.1 Å². The third-order valence-corrected chi connectivity index (χ3v) is 1.95.